The molecule has 0 saturated carbocycles. The molecule has 0 radical (unpaired) electrons. The summed E-state index contributed by atoms with van der Waals surface area (Å²) in [6.45, 7) is 1.61. The van der Waals surface area contributed by atoms with Gasteiger partial charge in [-0.3, -0.25) is 9.48 Å². The molecular weight excluding hydrogens is 330 g/mol. The minimum atomic E-state index is 0.130. The Morgan fingerprint density at radius 2 is 2.04 bits per heavy atom. The first-order valence-electron chi connectivity index (χ1n) is 8.61. The second kappa shape index (κ2) is 6.84. The zero-order chi connectivity index (χ0) is 17.2. The molecule has 4 rings (SSSR count). The van der Waals surface area contributed by atoms with E-state index in [1.54, 1.807) is 11.3 Å². The van der Waals surface area contributed by atoms with Crippen LogP contribution in [-0.2, 0) is 7.05 Å². The minimum absolute atomic E-state index is 0.130. The van der Waals surface area contributed by atoms with Gasteiger partial charge in [0, 0.05) is 37.8 Å². The molecule has 1 fully saturated rings. The van der Waals surface area contributed by atoms with Crippen LogP contribution in [0.2, 0.25) is 0 Å². The number of piperidine rings is 1. The molecule has 1 unspecified atom stereocenters. The van der Waals surface area contributed by atoms with Crippen molar-refractivity contribution in [3.63, 3.8) is 0 Å². The number of hydrogen-bond acceptors (Lipinski definition) is 3. The first kappa shape index (κ1) is 16.1. The molecule has 25 heavy (non-hydrogen) atoms. The summed E-state index contributed by atoms with van der Waals surface area (Å²) in [5, 5.41) is 8.46. The van der Waals surface area contributed by atoms with E-state index >= 15 is 0 Å². The third-order valence-corrected chi connectivity index (χ3v) is 5.57. The average molecular weight is 351 g/mol. The summed E-state index contributed by atoms with van der Waals surface area (Å²) < 4.78 is 1.83. The maximum atomic E-state index is 12.9. The molecular formula is C20H21N3OS. The van der Waals surface area contributed by atoms with Crippen LogP contribution < -0.4 is 0 Å². The number of hydrogen-bond donors (Lipinski definition) is 0. The van der Waals surface area contributed by atoms with Gasteiger partial charge in [0.1, 0.15) is 0 Å². The van der Waals surface area contributed by atoms with E-state index in [0.29, 0.717) is 5.92 Å². The molecule has 3 aromatic rings. The van der Waals surface area contributed by atoms with Crippen LogP contribution >= 0.6 is 11.3 Å². The number of likely N-dealkylation sites (tertiary alicyclic amines) is 1. The number of thiophene rings is 1. The maximum Gasteiger partial charge on any atom is 0.253 e. The molecule has 1 saturated heterocycles. The number of benzene rings is 1. The SMILES string of the molecule is Cn1cc(C2CCCN(C(=O)c3ccc(-c4ccsc4)cc3)C2)cn1. The molecule has 0 bridgehead atoms. The number of carbonyl (C=O) groups excluding carboxylic acids is 1. The lowest BCUT2D eigenvalue weighted by atomic mass is 9.92. The van der Waals surface area contributed by atoms with E-state index in [2.05, 4.69) is 28.1 Å². The number of aryl methyl sites for hydroxylation is 1. The Morgan fingerprint density at radius 1 is 1.20 bits per heavy atom. The van der Waals surface area contributed by atoms with Crippen molar-refractivity contribution in [1.82, 2.24) is 14.7 Å². The number of amides is 1. The molecule has 1 amide bonds. The predicted octanol–water partition coefficient (Wildman–Crippen LogP) is 4.17. The molecule has 5 heteroatoms. The number of carbonyl (C=O) groups is 1. The van der Waals surface area contributed by atoms with Crippen molar-refractivity contribution in [3.05, 3.63) is 64.6 Å². The molecule has 1 aromatic carbocycles. The van der Waals surface area contributed by atoms with Gasteiger partial charge in [-0.05, 0) is 58.5 Å². The Morgan fingerprint density at radius 3 is 2.72 bits per heavy atom. The maximum absolute atomic E-state index is 12.9. The Labute approximate surface area is 151 Å². The second-order valence-corrected chi connectivity index (χ2v) is 7.41. The molecule has 1 aliphatic rings. The zero-order valence-electron chi connectivity index (χ0n) is 14.3. The molecule has 1 aliphatic heterocycles. The summed E-state index contributed by atoms with van der Waals surface area (Å²) in [5.41, 5.74) is 4.36. The quantitative estimate of drug-likeness (QED) is 0.710. The normalized spacial score (nSPS) is 17.6. The average Bonchev–Trinajstić information content (AvgIpc) is 3.33. The molecule has 1 atom stereocenters. The smallest absolute Gasteiger partial charge is 0.253 e. The van der Waals surface area contributed by atoms with E-state index in [1.165, 1.54) is 11.1 Å². The summed E-state index contributed by atoms with van der Waals surface area (Å²) in [7, 11) is 1.93. The van der Waals surface area contributed by atoms with Gasteiger partial charge in [0.15, 0.2) is 0 Å². The van der Waals surface area contributed by atoms with Gasteiger partial charge in [0.25, 0.3) is 5.91 Å². The number of nitrogens with zero attached hydrogens (tertiary/aromatic N) is 3. The van der Waals surface area contributed by atoms with Gasteiger partial charge in [0.2, 0.25) is 0 Å². The van der Waals surface area contributed by atoms with Gasteiger partial charge in [-0.1, -0.05) is 12.1 Å². The van der Waals surface area contributed by atoms with Crippen LogP contribution in [0.15, 0.2) is 53.5 Å². The van der Waals surface area contributed by atoms with E-state index in [1.807, 2.05) is 47.1 Å². The van der Waals surface area contributed by atoms with Crippen LogP contribution in [0, 0.1) is 0 Å². The molecule has 0 spiro atoms. The summed E-state index contributed by atoms with van der Waals surface area (Å²) in [4.78, 5) is 14.9. The Kier molecular flexibility index (Phi) is 4.40. The van der Waals surface area contributed by atoms with Crippen molar-refractivity contribution in [2.45, 2.75) is 18.8 Å². The van der Waals surface area contributed by atoms with Crippen LogP contribution in [0.3, 0.4) is 0 Å². The van der Waals surface area contributed by atoms with Crippen molar-refractivity contribution in [2.75, 3.05) is 13.1 Å². The van der Waals surface area contributed by atoms with E-state index in [0.717, 1.165) is 37.1 Å². The summed E-state index contributed by atoms with van der Waals surface area (Å²) in [6.07, 6.45) is 6.15. The third kappa shape index (κ3) is 3.37. The van der Waals surface area contributed by atoms with E-state index in [4.69, 9.17) is 0 Å². The third-order valence-electron chi connectivity index (χ3n) is 4.89. The van der Waals surface area contributed by atoms with Crippen molar-refractivity contribution in [1.29, 1.82) is 0 Å². The fraction of sp³-hybridized carbons (Fsp3) is 0.300. The largest absolute Gasteiger partial charge is 0.338 e. The van der Waals surface area contributed by atoms with Gasteiger partial charge in [-0.25, -0.2) is 0 Å². The highest BCUT2D eigenvalue weighted by Crippen LogP contribution is 2.28. The molecule has 3 heterocycles. The molecule has 2 aromatic heterocycles. The van der Waals surface area contributed by atoms with Gasteiger partial charge in [-0.2, -0.15) is 16.4 Å². The summed E-state index contributed by atoms with van der Waals surface area (Å²) in [5.74, 6) is 0.516. The highest BCUT2D eigenvalue weighted by Gasteiger charge is 2.26. The fourth-order valence-electron chi connectivity index (χ4n) is 3.50. The van der Waals surface area contributed by atoms with E-state index in [9.17, 15) is 4.79 Å². The van der Waals surface area contributed by atoms with Gasteiger partial charge in [0.05, 0.1) is 6.20 Å². The minimum Gasteiger partial charge on any atom is -0.338 e. The standard InChI is InChI=1S/C20H21N3OS/c1-22-12-19(11-21-22)17-3-2-9-23(13-17)20(24)16-6-4-15(5-7-16)18-8-10-25-14-18/h4-8,10-12,14,17H,2-3,9,13H2,1H3. The number of aromatic nitrogens is 2. The van der Waals surface area contributed by atoms with Crippen LogP contribution in [0.1, 0.15) is 34.7 Å². The lowest BCUT2D eigenvalue weighted by molar-refractivity contribution is 0.0707. The van der Waals surface area contributed by atoms with Crippen molar-refractivity contribution in [2.24, 2.45) is 7.05 Å². The van der Waals surface area contributed by atoms with Crippen molar-refractivity contribution >= 4 is 17.2 Å². The van der Waals surface area contributed by atoms with Crippen LogP contribution in [0.25, 0.3) is 11.1 Å². The molecule has 0 aliphatic carbocycles. The van der Waals surface area contributed by atoms with E-state index < -0.39 is 0 Å². The zero-order valence-corrected chi connectivity index (χ0v) is 15.1. The Balaban J connectivity index is 1.48. The lowest BCUT2D eigenvalue weighted by Crippen LogP contribution is -2.39. The molecule has 128 valence electrons. The van der Waals surface area contributed by atoms with Gasteiger partial charge < -0.3 is 4.90 Å². The van der Waals surface area contributed by atoms with Crippen LogP contribution in [-0.4, -0.2) is 33.7 Å². The predicted molar refractivity (Wildman–Crippen MR) is 101 cm³/mol. The first-order chi connectivity index (χ1) is 12.2. The monoisotopic (exact) mass is 351 g/mol. The Bertz CT molecular complexity index is 851. The highest BCUT2D eigenvalue weighted by atomic mass is 32.1. The van der Waals surface area contributed by atoms with E-state index in [-0.39, 0.29) is 5.91 Å². The second-order valence-electron chi connectivity index (χ2n) is 6.63. The molecule has 0 N–H and O–H groups in total. The summed E-state index contributed by atoms with van der Waals surface area (Å²) >= 11 is 1.69. The van der Waals surface area contributed by atoms with Crippen LogP contribution in [0.4, 0.5) is 0 Å². The molecule has 4 nitrogen and oxygen atoms in total. The van der Waals surface area contributed by atoms with Gasteiger partial charge >= 0.3 is 0 Å². The topological polar surface area (TPSA) is 38.1 Å². The fourth-order valence-corrected chi connectivity index (χ4v) is 4.17. The van der Waals surface area contributed by atoms with Crippen molar-refractivity contribution < 1.29 is 4.79 Å². The van der Waals surface area contributed by atoms with Gasteiger partial charge in [-0.15, -0.1) is 0 Å². The van der Waals surface area contributed by atoms with Crippen LogP contribution in [0.5, 0.6) is 0 Å². The number of rotatable bonds is 3. The summed E-state index contributed by atoms with van der Waals surface area (Å²) in [6, 6.07) is 10.1. The van der Waals surface area contributed by atoms with Crippen molar-refractivity contribution in [3.8, 4) is 11.1 Å². The first-order valence-corrected chi connectivity index (χ1v) is 9.55. The Hall–Kier alpha value is -2.40. The highest BCUT2D eigenvalue weighted by molar-refractivity contribution is 7.08. The lowest BCUT2D eigenvalue weighted by Gasteiger charge is -2.32.